The van der Waals surface area contributed by atoms with Crippen LogP contribution in [-0.2, 0) is 45.9 Å². The zero-order valence-electron chi connectivity index (χ0n) is 27.7. The fraction of sp³-hybridized carbons (Fsp3) is 0.394. The Kier molecular flexibility index (Phi) is 12.2. The Morgan fingerprint density at radius 3 is 2.06 bits per heavy atom. The van der Waals surface area contributed by atoms with E-state index < -0.39 is 71.4 Å². The molecule has 0 aliphatic heterocycles. The van der Waals surface area contributed by atoms with Crippen molar-refractivity contribution in [3.05, 3.63) is 99.2 Å². The summed E-state index contributed by atoms with van der Waals surface area (Å²) in [6, 6.07) is 3.79. The molecule has 274 valence electrons. The molecular weight excluding hydrogens is 685 g/mol. The van der Waals surface area contributed by atoms with Crippen LogP contribution >= 0.6 is 0 Å². The van der Waals surface area contributed by atoms with Gasteiger partial charge in [-0.15, -0.1) is 5.12 Å². The van der Waals surface area contributed by atoms with Gasteiger partial charge in [0.25, 0.3) is 0 Å². The predicted molar refractivity (Wildman–Crippen MR) is 166 cm³/mol. The van der Waals surface area contributed by atoms with Crippen LogP contribution in [0.15, 0.2) is 65.8 Å². The fourth-order valence-electron chi connectivity index (χ4n) is 5.23. The van der Waals surface area contributed by atoms with E-state index in [1.54, 1.807) is 32.9 Å². The summed E-state index contributed by atoms with van der Waals surface area (Å²) < 4.78 is 136. The minimum absolute atomic E-state index is 0.0393. The van der Waals surface area contributed by atoms with Crippen LogP contribution in [0, 0.1) is 0 Å². The van der Waals surface area contributed by atoms with Crippen molar-refractivity contribution in [2.24, 2.45) is 11.6 Å². The number of halogens is 9. The van der Waals surface area contributed by atoms with Crippen LogP contribution in [0.4, 0.5) is 39.5 Å². The number of nitrogens with zero attached hydrogens (tertiary/aromatic N) is 2. The van der Waals surface area contributed by atoms with E-state index in [0.717, 1.165) is 21.8 Å². The van der Waals surface area contributed by atoms with Gasteiger partial charge in [0, 0.05) is 20.2 Å². The molecule has 0 fully saturated rings. The van der Waals surface area contributed by atoms with E-state index in [1.807, 2.05) is 0 Å². The highest BCUT2D eigenvalue weighted by atomic mass is 19.4. The number of hydrogen-bond donors (Lipinski definition) is 3. The van der Waals surface area contributed by atoms with E-state index in [4.69, 9.17) is 21.1 Å². The number of benzene rings is 2. The summed E-state index contributed by atoms with van der Waals surface area (Å²) in [4.78, 5) is 12.1. The second-order valence-electron chi connectivity index (χ2n) is 11.7. The number of ether oxygens (including phenoxy) is 2. The second-order valence-corrected chi connectivity index (χ2v) is 11.7. The first-order chi connectivity index (χ1) is 23.0. The first kappa shape index (κ1) is 40.1. The summed E-state index contributed by atoms with van der Waals surface area (Å²) in [7, 11) is 2.67. The zero-order chi connectivity index (χ0) is 37.8. The third-order valence-electron chi connectivity index (χ3n) is 7.84. The van der Waals surface area contributed by atoms with E-state index in [1.165, 1.54) is 26.3 Å². The van der Waals surface area contributed by atoms with Gasteiger partial charge in [-0.2, -0.15) is 44.9 Å². The van der Waals surface area contributed by atoms with Gasteiger partial charge in [-0.1, -0.05) is 12.1 Å². The number of methoxy groups -OCH3 is 1. The Hall–Kier alpha value is -4.35. The topological polar surface area (TPSA) is 106 Å². The minimum Gasteiger partial charge on any atom is -0.463 e. The summed E-state index contributed by atoms with van der Waals surface area (Å²) >= 11 is 0. The highest BCUT2D eigenvalue weighted by molar-refractivity contribution is 5.85. The van der Waals surface area contributed by atoms with Crippen LogP contribution in [0.1, 0.15) is 60.6 Å². The number of nitrogens with one attached hydrogen (secondary N) is 1. The van der Waals surface area contributed by atoms with Gasteiger partial charge in [0.15, 0.2) is 0 Å². The number of guanidine groups is 1. The van der Waals surface area contributed by atoms with Crippen molar-refractivity contribution in [3.63, 3.8) is 0 Å². The molecule has 0 radical (unpaired) electrons. The lowest BCUT2D eigenvalue weighted by Crippen LogP contribution is -2.51. The normalized spacial score (nSPS) is 18.0. The number of nitrogens with two attached hydrogens (primary N) is 2. The molecule has 1 unspecified atom stereocenters. The number of carbonyl (C=O) groups excluding carboxylic acids is 1. The largest absolute Gasteiger partial charge is 0.463 e. The van der Waals surface area contributed by atoms with Crippen molar-refractivity contribution >= 4 is 17.5 Å². The SMILES string of the molecule is CCOC(=O)/C=C(/C)C1=CCC(C)(OC)C(c2ccc(C(F)(F)F)cc2C[N+](Cc2cc(C(F)(F)F)cc(C(F)(F)F)c2)=C(N)NN(C)N)=C1. The van der Waals surface area contributed by atoms with E-state index in [9.17, 15) is 44.3 Å². The maximum atomic E-state index is 14.0. The first-order valence-electron chi connectivity index (χ1n) is 14.9. The summed E-state index contributed by atoms with van der Waals surface area (Å²) in [6.45, 7) is 3.80. The van der Waals surface area contributed by atoms with Crippen LogP contribution in [0.5, 0.6) is 0 Å². The van der Waals surface area contributed by atoms with Crippen LogP contribution in [0.25, 0.3) is 5.57 Å². The number of esters is 1. The fourth-order valence-corrected chi connectivity index (χ4v) is 5.23. The molecule has 1 atom stereocenters. The zero-order valence-corrected chi connectivity index (χ0v) is 27.7. The lowest BCUT2D eigenvalue weighted by Gasteiger charge is -2.35. The quantitative estimate of drug-likeness (QED) is 0.0366. The van der Waals surface area contributed by atoms with Gasteiger partial charge in [0.1, 0.15) is 0 Å². The van der Waals surface area contributed by atoms with Gasteiger partial charge >= 0.3 is 30.5 Å². The molecule has 0 spiro atoms. The van der Waals surface area contributed by atoms with Crippen LogP contribution in [0.3, 0.4) is 0 Å². The highest BCUT2D eigenvalue weighted by Crippen LogP contribution is 2.42. The maximum Gasteiger partial charge on any atom is 0.416 e. The average Bonchev–Trinajstić information content (AvgIpc) is 2.99. The average molecular weight is 723 g/mol. The lowest BCUT2D eigenvalue weighted by atomic mass is 9.78. The molecule has 0 bridgehead atoms. The maximum absolute atomic E-state index is 14.0. The second kappa shape index (κ2) is 15.3. The van der Waals surface area contributed by atoms with Gasteiger partial charge in [0.05, 0.1) is 42.0 Å². The molecule has 2 aromatic carbocycles. The van der Waals surface area contributed by atoms with Crippen molar-refractivity contribution < 1.29 is 58.4 Å². The van der Waals surface area contributed by atoms with Gasteiger partial charge in [0.2, 0.25) is 0 Å². The smallest absolute Gasteiger partial charge is 0.416 e. The van der Waals surface area contributed by atoms with Gasteiger partial charge in [-0.05, 0) is 97.0 Å². The standard InChI is InChI=1S/C33H36F9N5O3/c1-6-50-28(48)11-19(2)21-9-10-30(3,49-5)27(15-21)26-8-7-23(31(34,35)36)14-22(26)18-47(29(43)45-46(4)44)17-20-12-24(32(37,38)39)16-25(13-20)33(40,41)42/h7-9,11-16H,6,10,17-18,44H2,1-5H3,(H2,43,45)/p+1/b19-11-. The van der Waals surface area contributed by atoms with Crippen molar-refractivity contribution in [2.75, 3.05) is 20.8 Å². The summed E-state index contributed by atoms with van der Waals surface area (Å²) in [5.74, 6) is 4.63. The third-order valence-corrected chi connectivity index (χ3v) is 7.84. The molecule has 0 saturated carbocycles. The minimum atomic E-state index is -5.15. The number of alkyl halides is 9. The van der Waals surface area contributed by atoms with Crippen molar-refractivity contribution in [3.8, 4) is 0 Å². The number of allylic oxidation sites excluding steroid dienone is 3. The van der Waals surface area contributed by atoms with Crippen LogP contribution < -0.4 is 17.0 Å². The van der Waals surface area contributed by atoms with Gasteiger partial charge < -0.3 is 9.47 Å². The molecule has 8 nitrogen and oxygen atoms in total. The van der Waals surface area contributed by atoms with Crippen LogP contribution in [0.2, 0.25) is 0 Å². The Morgan fingerprint density at radius 1 is 0.980 bits per heavy atom. The van der Waals surface area contributed by atoms with Crippen molar-refractivity contribution in [1.29, 1.82) is 0 Å². The third kappa shape index (κ3) is 10.1. The Morgan fingerprint density at radius 2 is 1.56 bits per heavy atom. The van der Waals surface area contributed by atoms with Gasteiger partial charge in [-0.3, -0.25) is 10.3 Å². The monoisotopic (exact) mass is 722 g/mol. The molecule has 1 aliphatic carbocycles. The molecule has 0 saturated heterocycles. The van der Waals surface area contributed by atoms with Crippen molar-refractivity contribution in [1.82, 2.24) is 10.5 Å². The van der Waals surface area contributed by atoms with E-state index in [0.29, 0.717) is 28.9 Å². The number of hydrogen-bond acceptors (Lipinski definition) is 5. The molecule has 2 aromatic rings. The number of carbonyl (C=O) groups is 1. The molecule has 17 heteroatoms. The van der Waals surface area contributed by atoms with E-state index in [2.05, 4.69) is 5.43 Å². The predicted octanol–water partition coefficient (Wildman–Crippen LogP) is 6.71. The van der Waals surface area contributed by atoms with Gasteiger partial charge in [-0.25, -0.2) is 10.6 Å². The molecule has 50 heavy (non-hydrogen) atoms. The molecular formula is C33H37F9N5O3+. The Bertz CT molecular complexity index is 1680. The van der Waals surface area contributed by atoms with E-state index in [-0.39, 0.29) is 30.2 Å². The summed E-state index contributed by atoms with van der Waals surface area (Å²) in [6.07, 6.45) is -10.3. The Labute approximate surface area is 282 Å². The molecule has 0 amide bonds. The highest BCUT2D eigenvalue weighted by Gasteiger charge is 2.38. The lowest BCUT2D eigenvalue weighted by molar-refractivity contribution is -0.563. The summed E-state index contributed by atoms with van der Waals surface area (Å²) in [5, 5.41) is 0.837. The molecule has 0 aromatic heterocycles. The van der Waals surface area contributed by atoms with E-state index >= 15 is 0 Å². The number of rotatable bonds is 10. The van der Waals surface area contributed by atoms with Crippen LogP contribution in [-0.4, -0.2) is 48.0 Å². The number of hydrazine groups is 2. The Balaban J connectivity index is 2.29. The van der Waals surface area contributed by atoms with Crippen molar-refractivity contribution in [2.45, 2.75) is 64.4 Å². The molecule has 0 heterocycles. The molecule has 5 N–H and O–H groups in total. The molecule has 1 aliphatic rings. The first-order valence-corrected chi connectivity index (χ1v) is 14.9. The molecule has 3 rings (SSSR count). The summed E-state index contributed by atoms with van der Waals surface area (Å²) in [5.41, 5.74) is 4.29.